The Morgan fingerprint density at radius 3 is 2.68 bits per heavy atom. The van der Waals surface area contributed by atoms with E-state index in [1.54, 1.807) is 4.90 Å². The van der Waals surface area contributed by atoms with Gasteiger partial charge in [0.2, 0.25) is 11.8 Å². The van der Waals surface area contributed by atoms with E-state index >= 15 is 0 Å². The predicted octanol–water partition coefficient (Wildman–Crippen LogP) is 0.472. The Bertz CT molecular complexity index is 498. The predicted molar refractivity (Wildman–Crippen MR) is 85.6 cm³/mol. The van der Waals surface area contributed by atoms with Gasteiger partial charge in [-0.05, 0) is 12.5 Å². The normalized spacial score (nSPS) is 20.9. The minimum Gasteiger partial charge on any atom is -0.374 e. The SMILES string of the molecule is CC1CN(C(=O)CNC(=O)CN)C(c2ccccc2)CO1.Cl. The maximum atomic E-state index is 12.4. The van der Waals surface area contributed by atoms with Crippen LogP contribution in [0.25, 0.3) is 0 Å². The molecule has 1 heterocycles. The average Bonchev–Trinajstić information content (AvgIpc) is 2.53. The van der Waals surface area contributed by atoms with Crippen molar-refractivity contribution in [2.24, 2.45) is 5.73 Å². The quantitative estimate of drug-likeness (QED) is 0.842. The first-order chi connectivity index (χ1) is 10.1. The number of nitrogens with two attached hydrogens (primary N) is 1. The number of rotatable bonds is 4. The summed E-state index contributed by atoms with van der Waals surface area (Å²) in [6, 6.07) is 9.64. The number of benzene rings is 1. The van der Waals surface area contributed by atoms with E-state index in [0.29, 0.717) is 13.2 Å². The van der Waals surface area contributed by atoms with E-state index in [1.807, 2.05) is 37.3 Å². The van der Waals surface area contributed by atoms with Gasteiger partial charge in [0.05, 0.1) is 31.8 Å². The molecule has 122 valence electrons. The number of nitrogens with zero attached hydrogens (tertiary/aromatic N) is 1. The summed E-state index contributed by atoms with van der Waals surface area (Å²) in [4.78, 5) is 25.3. The van der Waals surface area contributed by atoms with Crippen molar-refractivity contribution >= 4 is 24.2 Å². The standard InChI is InChI=1S/C15H21N3O3.ClH/c1-11-9-18(15(20)8-17-14(19)7-16)13(10-21-11)12-5-3-2-4-6-12;/h2-6,11,13H,7-10,16H2,1H3,(H,17,19);1H. The highest BCUT2D eigenvalue weighted by Gasteiger charge is 2.31. The van der Waals surface area contributed by atoms with Gasteiger partial charge >= 0.3 is 0 Å². The van der Waals surface area contributed by atoms with E-state index in [4.69, 9.17) is 10.5 Å². The zero-order chi connectivity index (χ0) is 15.2. The van der Waals surface area contributed by atoms with E-state index in [1.165, 1.54) is 0 Å². The second-order valence-corrected chi connectivity index (χ2v) is 5.10. The summed E-state index contributed by atoms with van der Waals surface area (Å²) in [5, 5.41) is 2.52. The van der Waals surface area contributed by atoms with E-state index < -0.39 is 0 Å². The third-order valence-corrected chi connectivity index (χ3v) is 3.50. The summed E-state index contributed by atoms with van der Waals surface area (Å²) in [5.74, 6) is -0.457. The molecule has 22 heavy (non-hydrogen) atoms. The molecule has 2 amide bonds. The van der Waals surface area contributed by atoms with Crippen molar-refractivity contribution in [2.45, 2.75) is 19.1 Å². The summed E-state index contributed by atoms with van der Waals surface area (Å²) >= 11 is 0. The van der Waals surface area contributed by atoms with Gasteiger partial charge in [-0.3, -0.25) is 9.59 Å². The number of amides is 2. The fourth-order valence-electron chi connectivity index (χ4n) is 2.38. The van der Waals surface area contributed by atoms with Crippen LogP contribution in [-0.4, -0.2) is 49.1 Å². The minimum atomic E-state index is -0.332. The summed E-state index contributed by atoms with van der Waals surface area (Å²) in [6.45, 7) is 2.75. The van der Waals surface area contributed by atoms with Crippen LogP contribution < -0.4 is 11.1 Å². The van der Waals surface area contributed by atoms with E-state index in [9.17, 15) is 9.59 Å². The lowest BCUT2D eigenvalue weighted by Crippen LogP contribution is -2.50. The van der Waals surface area contributed by atoms with Crippen LogP contribution in [0.2, 0.25) is 0 Å². The van der Waals surface area contributed by atoms with E-state index in [-0.39, 0.29) is 49.5 Å². The van der Waals surface area contributed by atoms with Crippen LogP contribution in [0.3, 0.4) is 0 Å². The van der Waals surface area contributed by atoms with Gasteiger partial charge in [0, 0.05) is 6.54 Å². The Morgan fingerprint density at radius 1 is 1.36 bits per heavy atom. The molecular formula is C15H22ClN3O3. The highest BCUT2D eigenvalue weighted by molar-refractivity contribution is 5.86. The third-order valence-electron chi connectivity index (χ3n) is 3.50. The molecule has 2 atom stereocenters. The second-order valence-electron chi connectivity index (χ2n) is 5.10. The molecule has 1 aliphatic heterocycles. The second kappa shape index (κ2) is 8.73. The molecule has 1 aromatic carbocycles. The number of ether oxygens (including phenoxy) is 1. The van der Waals surface area contributed by atoms with Crippen molar-refractivity contribution in [2.75, 3.05) is 26.2 Å². The molecule has 0 aliphatic carbocycles. The van der Waals surface area contributed by atoms with E-state index in [0.717, 1.165) is 5.56 Å². The van der Waals surface area contributed by atoms with Crippen LogP contribution in [0.4, 0.5) is 0 Å². The molecule has 1 aromatic rings. The Hall–Kier alpha value is -1.63. The molecule has 0 aromatic heterocycles. The first-order valence-electron chi connectivity index (χ1n) is 7.04. The molecule has 2 rings (SSSR count). The number of carbonyl (C=O) groups is 2. The van der Waals surface area contributed by atoms with Crippen LogP contribution >= 0.6 is 12.4 Å². The lowest BCUT2D eigenvalue weighted by molar-refractivity contribution is -0.144. The van der Waals surface area contributed by atoms with Crippen molar-refractivity contribution in [1.82, 2.24) is 10.2 Å². The summed E-state index contributed by atoms with van der Waals surface area (Å²) in [6.07, 6.45) is -0.0147. The first kappa shape index (κ1) is 18.4. The van der Waals surface area contributed by atoms with Crippen molar-refractivity contribution < 1.29 is 14.3 Å². The highest BCUT2D eigenvalue weighted by Crippen LogP contribution is 2.26. The van der Waals surface area contributed by atoms with Gasteiger partial charge in [-0.2, -0.15) is 0 Å². The molecule has 0 spiro atoms. The van der Waals surface area contributed by atoms with Gasteiger partial charge in [0.25, 0.3) is 0 Å². The fraction of sp³-hybridized carbons (Fsp3) is 0.467. The van der Waals surface area contributed by atoms with Gasteiger partial charge in [0.15, 0.2) is 0 Å². The Morgan fingerprint density at radius 2 is 2.05 bits per heavy atom. The van der Waals surface area contributed by atoms with Crippen LogP contribution in [0.1, 0.15) is 18.5 Å². The van der Waals surface area contributed by atoms with Crippen LogP contribution in [-0.2, 0) is 14.3 Å². The summed E-state index contributed by atoms with van der Waals surface area (Å²) in [5.41, 5.74) is 6.25. The lowest BCUT2D eigenvalue weighted by atomic mass is 10.0. The molecule has 1 aliphatic rings. The van der Waals surface area contributed by atoms with E-state index in [2.05, 4.69) is 5.32 Å². The van der Waals surface area contributed by atoms with Crippen molar-refractivity contribution in [3.05, 3.63) is 35.9 Å². The Kier molecular flexibility index (Phi) is 7.31. The maximum Gasteiger partial charge on any atom is 0.242 e. The molecular weight excluding hydrogens is 306 g/mol. The molecule has 0 bridgehead atoms. The van der Waals surface area contributed by atoms with Crippen LogP contribution in [0.5, 0.6) is 0 Å². The van der Waals surface area contributed by atoms with Gasteiger partial charge < -0.3 is 20.7 Å². The first-order valence-corrected chi connectivity index (χ1v) is 7.04. The molecule has 0 saturated carbocycles. The van der Waals surface area contributed by atoms with Gasteiger partial charge in [-0.25, -0.2) is 0 Å². The number of nitrogens with one attached hydrogen (secondary N) is 1. The fourth-order valence-corrected chi connectivity index (χ4v) is 2.38. The monoisotopic (exact) mass is 327 g/mol. The molecule has 6 nitrogen and oxygen atoms in total. The number of hydrogen-bond acceptors (Lipinski definition) is 4. The number of halogens is 1. The number of carbonyl (C=O) groups excluding carboxylic acids is 2. The molecule has 2 unspecified atom stereocenters. The zero-order valence-electron chi connectivity index (χ0n) is 12.5. The zero-order valence-corrected chi connectivity index (χ0v) is 13.3. The molecule has 0 radical (unpaired) electrons. The van der Waals surface area contributed by atoms with Crippen LogP contribution in [0.15, 0.2) is 30.3 Å². The third kappa shape index (κ3) is 4.69. The molecule has 7 heteroatoms. The Balaban J connectivity index is 0.00000242. The van der Waals surface area contributed by atoms with Crippen molar-refractivity contribution in [3.63, 3.8) is 0 Å². The average molecular weight is 328 g/mol. The number of morpholine rings is 1. The van der Waals surface area contributed by atoms with Crippen molar-refractivity contribution in [3.8, 4) is 0 Å². The van der Waals surface area contributed by atoms with Gasteiger partial charge in [-0.1, -0.05) is 30.3 Å². The smallest absolute Gasteiger partial charge is 0.242 e. The molecule has 3 N–H and O–H groups in total. The molecule has 1 fully saturated rings. The van der Waals surface area contributed by atoms with Crippen molar-refractivity contribution in [1.29, 1.82) is 0 Å². The Labute approximate surface area is 136 Å². The lowest BCUT2D eigenvalue weighted by Gasteiger charge is -2.39. The number of hydrogen-bond donors (Lipinski definition) is 2. The van der Waals surface area contributed by atoms with Crippen LogP contribution in [0, 0.1) is 0 Å². The minimum absolute atomic E-state index is 0. The van der Waals surface area contributed by atoms with Gasteiger partial charge in [0.1, 0.15) is 0 Å². The maximum absolute atomic E-state index is 12.4. The molecule has 1 saturated heterocycles. The summed E-state index contributed by atoms with van der Waals surface area (Å²) < 4.78 is 5.67. The van der Waals surface area contributed by atoms with Gasteiger partial charge in [-0.15, -0.1) is 12.4 Å². The largest absolute Gasteiger partial charge is 0.374 e. The topological polar surface area (TPSA) is 84.7 Å². The summed E-state index contributed by atoms with van der Waals surface area (Å²) in [7, 11) is 0. The highest BCUT2D eigenvalue weighted by atomic mass is 35.5.